The van der Waals surface area contributed by atoms with Crippen molar-refractivity contribution in [2.24, 2.45) is 10.7 Å². The molecule has 0 spiro atoms. The lowest BCUT2D eigenvalue weighted by molar-refractivity contribution is 0.245. The molecule has 0 bridgehead atoms. The molecule has 5 heteroatoms. The number of nitrogens with zero attached hydrogens (tertiary/aromatic N) is 2. The van der Waals surface area contributed by atoms with Crippen molar-refractivity contribution in [1.82, 2.24) is 4.31 Å². The van der Waals surface area contributed by atoms with Crippen LogP contribution in [0.4, 0.5) is 4.79 Å². The topological polar surface area (TPSA) is 58.7 Å². The van der Waals surface area contributed by atoms with Crippen molar-refractivity contribution >= 4 is 24.3 Å². The molecule has 4 nitrogen and oxygen atoms in total. The Hall–Kier alpha value is -0.970. The average molecular weight is 143 g/mol. The molecule has 0 unspecified atom stereocenters. The molecule has 0 aromatic rings. The molecule has 2 amide bonds. The number of carbonyl (C=O) groups excluding carboxylic acids is 1. The summed E-state index contributed by atoms with van der Waals surface area (Å²) in [6.45, 7) is 0. The second-order valence-corrected chi connectivity index (χ2v) is 2.20. The SMILES string of the molecule is NC(=O)N1C=NC=CS1. The summed E-state index contributed by atoms with van der Waals surface area (Å²) in [6, 6.07) is -0.506. The molecule has 2 N–H and O–H groups in total. The van der Waals surface area contributed by atoms with E-state index in [1.54, 1.807) is 11.6 Å². The molecule has 1 rings (SSSR count). The van der Waals surface area contributed by atoms with Crippen LogP contribution in [-0.2, 0) is 0 Å². The lowest BCUT2D eigenvalue weighted by Crippen LogP contribution is -2.28. The average Bonchev–Trinajstić information content (AvgIpc) is 1.90. The van der Waals surface area contributed by atoms with Gasteiger partial charge in [-0.2, -0.15) is 0 Å². The first kappa shape index (κ1) is 6.15. The van der Waals surface area contributed by atoms with Gasteiger partial charge in [-0.15, -0.1) is 0 Å². The highest BCUT2D eigenvalue weighted by Gasteiger charge is 2.05. The summed E-state index contributed by atoms with van der Waals surface area (Å²) < 4.78 is 1.24. The van der Waals surface area contributed by atoms with E-state index in [9.17, 15) is 4.79 Å². The van der Waals surface area contributed by atoms with E-state index < -0.39 is 6.03 Å². The highest BCUT2D eigenvalue weighted by Crippen LogP contribution is 2.11. The molecule has 0 atom stereocenters. The number of aliphatic imine (C=N–C) groups is 1. The Morgan fingerprint density at radius 1 is 1.78 bits per heavy atom. The number of primary amides is 1. The molecule has 1 aliphatic heterocycles. The second-order valence-electron chi connectivity index (χ2n) is 1.32. The number of hydrogen-bond donors (Lipinski definition) is 1. The Morgan fingerprint density at radius 3 is 2.89 bits per heavy atom. The number of amides is 2. The van der Waals surface area contributed by atoms with Gasteiger partial charge in [-0.25, -0.2) is 14.1 Å². The van der Waals surface area contributed by atoms with E-state index in [1.165, 1.54) is 22.6 Å². The first-order valence-electron chi connectivity index (χ1n) is 2.24. The maximum absolute atomic E-state index is 10.4. The Balaban J connectivity index is 2.56. The summed E-state index contributed by atoms with van der Waals surface area (Å²) in [7, 11) is 0. The minimum absolute atomic E-state index is 0.506. The maximum atomic E-state index is 10.4. The predicted octanol–water partition coefficient (Wildman–Crippen LogP) is 0.528. The van der Waals surface area contributed by atoms with Crippen LogP contribution in [0.3, 0.4) is 0 Å². The minimum atomic E-state index is -0.506. The van der Waals surface area contributed by atoms with Gasteiger partial charge in [0, 0.05) is 11.6 Å². The fourth-order valence-electron chi connectivity index (χ4n) is 0.363. The van der Waals surface area contributed by atoms with Gasteiger partial charge in [0.1, 0.15) is 6.34 Å². The highest BCUT2D eigenvalue weighted by atomic mass is 32.2. The van der Waals surface area contributed by atoms with Crippen LogP contribution in [0, 0.1) is 0 Å². The normalized spacial score (nSPS) is 16.2. The van der Waals surface area contributed by atoms with Crippen molar-refractivity contribution in [2.75, 3.05) is 0 Å². The van der Waals surface area contributed by atoms with Gasteiger partial charge in [0.05, 0.1) is 0 Å². The van der Waals surface area contributed by atoms with Crippen molar-refractivity contribution in [3.8, 4) is 0 Å². The fourth-order valence-corrected chi connectivity index (χ4v) is 0.832. The Labute approximate surface area is 56.6 Å². The van der Waals surface area contributed by atoms with Gasteiger partial charge in [-0.3, -0.25) is 0 Å². The molecule has 9 heavy (non-hydrogen) atoms. The molecule has 0 aromatic carbocycles. The van der Waals surface area contributed by atoms with E-state index in [0.717, 1.165) is 0 Å². The summed E-state index contributed by atoms with van der Waals surface area (Å²) in [5.74, 6) is 0. The van der Waals surface area contributed by atoms with Crippen molar-refractivity contribution in [3.63, 3.8) is 0 Å². The number of hydrogen-bond acceptors (Lipinski definition) is 3. The van der Waals surface area contributed by atoms with Crippen LogP contribution in [0.15, 0.2) is 16.6 Å². The molecule has 48 valence electrons. The molecule has 0 saturated carbocycles. The third-order valence-electron chi connectivity index (χ3n) is 0.710. The van der Waals surface area contributed by atoms with Crippen LogP contribution in [0.2, 0.25) is 0 Å². The van der Waals surface area contributed by atoms with Crippen molar-refractivity contribution < 1.29 is 4.79 Å². The Morgan fingerprint density at radius 2 is 2.56 bits per heavy atom. The highest BCUT2D eigenvalue weighted by molar-refractivity contribution is 8.00. The number of rotatable bonds is 0. The van der Waals surface area contributed by atoms with Gasteiger partial charge in [-0.05, 0) is 11.9 Å². The Kier molecular flexibility index (Phi) is 1.74. The van der Waals surface area contributed by atoms with Gasteiger partial charge < -0.3 is 5.73 Å². The van der Waals surface area contributed by atoms with Crippen molar-refractivity contribution in [3.05, 3.63) is 11.6 Å². The van der Waals surface area contributed by atoms with E-state index in [1.807, 2.05) is 0 Å². The van der Waals surface area contributed by atoms with E-state index in [0.29, 0.717) is 0 Å². The second kappa shape index (κ2) is 2.54. The molecular formula is C4H5N3OS. The van der Waals surface area contributed by atoms with Crippen LogP contribution in [0.5, 0.6) is 0 Å². The summed E-state index contributed by atoms with van der Waals surface area (Å²) in [5, 5.41) is 1.67. The first-order chi connectivity index (χ1) is 4.30. The van der Waals surface area contributed by atoms with Gasteiger partial charge in [0.15, 0.2) is 0 Å². The minimum Gasteiger partial charge on any atom is -0.350 e. The van der Waals surface area contributed by atoms with E-state index >= 15 is 0 Å². The van der Waals surface area contributed by atoms with Crippen LogP contribution in [-0.4, -0.2) is 16.7 Å². The number of nitrogens with two attached hydrogens (primary N) is 1. The standard InChI is InChI=1S/C4H5N3OS/c5-4(8)7-3-6-1-2-9-7/h1-3H,(H2,5,8). The Bertz CT molecular complexity index is 177. The van der Waals surface area contributed by atoms with E-state index in [-0.39, 0.29) is 0 Å². The predicted molar refractivity (Wildman–Crippen MR) is 36.6 cm³/mol. The first-order valence-corrected chi connectivity index (χ1v) is 3.08. The fraction of sp³-hybridized carbons (Fsp3) is 0. The van der Waals surface area contributed by atoms with Crippen molar-refractivity contribution in [2.45, 2.75) is 0 Å². The molecule has 0 aromatic heterocycles. The van der Waals surface area contributed by atoms with Gasteiger partial charge >= 0.3 is 6.03 Å². The molecule has 0 fully saturated rings. The molecule has 0 aliphatic carbocycles. The summed E-state index contributed by atoms with van der Waals surface area (Å²) in [5.41, 5.74) is 4.91. The van der Waals surface area contributed by atoms with Gasteiger partial charge in [-0.1, -0.05) is 0 Å². The van der Waals surface area contributed by atoms with Crippen LogP contribution >= 0.6 is 11.9 Å². The zero-order chi connectivity index (χ0) is 6.69. The maximum Gasteiger partial charge on any atom is 0.330 e. The third-order valence-corrected chi connectivity index (χ3v) is 1.45. The van der Waals surface area contributed by atoms with Gasteiger partial charge in [0.2, 0.25) is 0 Å². The molecular weight excluding hydrogens is 138 g/mol. The lowest BCUT2D eigenvalue weighted by atomic mass is 10.9. The van der Waals surface area contributed by atoms with Crippen molar-refractivity contribution in [1.29, 1.82) is 0 Å². The van der Waals surface area contributed by atoms with Crippen LogP contribution in [0.25, 0.3) is 0 Å². The smallest absolute Gasteiger partial charge is 0.330 e. The molecule has 0 saturated heterocycles. The van der Waals surface area contributed by atoms with Crippen LogP contribution in [0.1, 0.15) is 0 Å². The van der Waals surface area contributed by atoms with Crippen LogP contribution < -0.4 is 5.73 Å². The largest absolute Gasteiger partial charge is 0.350 e. The summed E-state index contributed by atoms with van der Waals surface area (Å²) >= 11 is 1.20. The zero-order valence-electron chi connectivity index (χ0n) is 4.52. The monoisotopic (exact) mass is 143 g/mol. The molecule has 1 aliphatic rings. The number of urea groups is 1. The summed E-state index contributed by atoms with van der Waals surface area (Å²) in [4.78, 5) is 14.0. The quantitative estimate of drug-likeness (QED) is 0.503. The van der Waals surface area contributed by atoms with E-state index in [4.69, 9.17) is 5.73 Å². The third kappa shape index (κ3) is 1.46. The molecule has 1 heterocycles. The van der Waals surface area contributed by atoms with E-state index in [2.05, 4.69) is 4.99 Å². The summed E-state index contributed by atoms with van der Waals surface area (Å²) in [6.07, 6.45) is 2.96. The molecule has 0 radical (unpaired) electrons. The lowest BCUT2D eigenvalue weighted by Gasteiger charge is -2.11. The zero-order valence-corrected chi connectivity index (χ0v) is 5.34. The number of carbonyl (C=O) groups is 1. The van der Waals surface area contributed by atoms with Gasteiger partial charge in [0.25, 0.3) is 0 Å².